The van der Waals surface area contributed by atoms with Gasteiger partial charge < -0.3 is 10.3 Å². The first-order valence-electron chi connectivity index (χ1n) is 4.87. The number of hydrazine groups is 1. The van der Waals surface area contributed by atoms with Crippen molar-refractivity contribution in [1.82, 2.24) is 9.88 Å². The first-order valence-corrected chi connectivity index (χ1v) is 5.25. The number of carbonyl (C=O) groups excluding carboxylic acids is 1. The van der Waals surface area contributed by atoms with Gasteiger partial charge in [0, 0.05) is 13.1 Å². The second kappa shape index (κ2) is 5.14. The second-order valence-electron chi connectivity index (χ2n) is 3.68. The van der Waals surface area contributed by atoms with Crippen LogP contribution in [-0.4, -0.2) is 28.9 Å². The summed E-state index contributed by atoms with van der Waals surface area (Å²) in [6.45, 7) is 3.83. The van der Waals surface area contributed by atoms with Crippen LogP contribution < -0.4 is 11.3 Å². The quantitative estimate of drug-likeness (QED) is 0.623. The fraction of sp³-hybridized carbons (Fsp3) is 0.400. The molecule has 0 aliphatic rings. The van der Waals surface area contributed by atoms with Gasteiger partial charge in [-0.1, -0.05) is 11.6 Å². The number of anilines is 1. The SMILES string of the molecule is CC(C)N(C)C(=O)c1nc(NN)ccc1Cl. The van der Waals surface area contributed by atoms with E-state index in [1.807, 2.05) is 13.8 Å². The fourth-order valence-electron chi connectivity index (χ4n) is 1.07. The van der Waals surface area contributed by atoms with Gasteiger partial charge in [0.25, 0.3) is 5.91 Å². The zero-order chi connectivity index (χ0) is 12.3. The lowest BCUT2D eigenvalue weighted by molar-refractivity contribution is 0.0749. The van der Waals surface area contributed by atoms with Gasteiger partial charge in [-0.15, -0.1) is 0 Å². The van der Waals surface area contributed by atoms with Crippen molar-refractivity contribution >= 4 is 23.3 Å². The Hall–Kier alpha value is -1.33. The number of rotatable bonds is 3. The van der Waals surface area contributed by atoms with Gasteiger partial charge in [-0.2, -0.15) is 0 Å². The number of nitrogen functional groups attached to an aromatic ring is 1. The lowest BCUT2D eigenvalue weighted by Gasteiger charge is -2.21. The highest BCUT2D eigenvalue weighted by Crippen LogP contribution is 2.18. The predicted octanol–water partition coefficient (Wildman–Crippen LogP) is 1.50. The molecule has 0 aliphatic carbocycles. The molecule has 88 valence electrons. The third kappa shape index (κ3) is 2.62. The van der Waals surface area contributed by atoms with Crippen LogP contribution in [0.15, 0.2) is 12.1 Å². The molecule has 6 heteroatoms. The Morgan fingerprint density at radius 2 is 2.19 bits per heavy atom. The van der Waals surface area contributed by atoms with Gasteiger partial charge in [0.15, 0.2) is 0 Å². The first-order chi connectivity index (χ1) is 7.47. The van der Waals surface area contributed by atoms with Crippen LogP contribution in [-0.2, 0) is 0 Å². The zero-order valence-electron chi connectivity index (χ0n) is 9.49. The van der Waals surface area contributed by atoms with Crippen molar-refractivity contribution in [2.45, 2.75) is 19.9 Å². The molecule has 1 aromatic heterocycles. The monoisotopic (exact) mass is 242 g/mol. The van der Waals surface area contributed by atoms with Crippen LogP contribution in [0.2, 0.25) is 5.02 Å². The summed E-state index contributed by atoms with van der Waals surface area (Å²) in [6.07, 6.45) is 0. The fourth-order valence-corrected chi connectivity index (χ4v) is 1.26. The van der Waals surface area contributed by atoms with E-state index in [4.69, 9.17) is 17.4 Å². The third-order valence-corrected chi connectivity index (χ3v) is 2.60. The van der Waals surface area contributed by atoms with Crippen molar-refractivity contribution in [3.05, 3.63) is 22.8 Å². The Kier molecular flexibility index (Phi) is 4.09. The minimum Gasteiger partial charge on any atom is -0.338 e. The van der Waals surface area contributed by atoms with Crippen molar-refractivity contribution < 1.29 is 4.79 Å². The minimum atomic E-state index is -0.225. The van der Waals surface area contributed by atoms with E-state index in [0.717, 1.165) is 0 Å². The van der Waals surface area contributed by atoms with E-state index in [-0.39, 0.29) is 17.6 Å². The molecule has 0 aromatic carbocycles. The number of nitrogens with one attached hydrogen (secondary N) is 1. The van der Waals surface area contributed by atoms with Crippen LogP contribution in [0.25, 0.3) is 0 Å². The molecule has 0 unspecified atom stereocenters. The number of hydrogen-bond donors (Lipinski definition) is 2. The molecule has 0 aliphatic heterocycles. The highest BCUT2D eigenvalue weighted by atomic mass is 35.5. The van der Waals surface area contributed by atoms with Crippen LogP contribution in [0, 0.1) is 0 Å². The molecule has 0 atom stereocenters. The van der Waals surface area contributed by atoms with E-state index in [0.29, 0.717) is 10.8 Å². The number of halogens is 1. The van der Waals surface area contributed by atoms with E-state index in [1.165, 1.54) is 0 Å². The average Bonchev–Trinajstić information content (AvgIpc) is 2.27. The molecule has 1 amide bonds. The summed E-state index contributed by atoms with van der Waals surface area (Å²) in [7, 11) is 1.70. The summed E-state index contributed by atoms with van der Waals surface area (Å²) >= 11 is 5.92. The van der Waals surface area contributed by atoms with Crippen LogP contribution >= 0.6 is 11.6 Å². The van der Waals surface area contributed by atoms with Gasteiger partial charge in [0.1, 0.15) is 11.5 Å². The molecular weight excluding hydrogens is 228 g/mol. The number of nitrogens with zero attached hydrogens (tertiary/aromatic N) is 2. The van der Waals surface area contributed by atoms with E-state index in [9.17, 15) is 4.79 Å². The first kappa shape index (κ1) is 12.7. The molecule has 1 aromatic rings. The van der Waals surface area contributed by atoms with Crippen molar-refractivity contribution in [2.75, 3.05) is 12.5 Å². The molecule has 1 rings (SSSR count). The van der Waals surface area contributed by atoms with Crippen LogP contribution in [0.1, 0.15) is 24.3 Å². The molecule has 0 saturated carbocycles. The number of pyridine rings is 1. The largest absolute Gasteiger partial charge is 0.338 e. The Labute approximate surface area is 99.6 Å². The maximum Gasteiger partial charge on any atom is 0.274 e. The molecule has 0 bridgehead atoms. The Balaban J connectivity index is 3.07. The van der Waals surface area contributed by atoms with Gasteiger partial charge in [-0.3, -0.25) is 4.79 Å². The molecule has 0 radical (unpaired) electrons. The molecule has 0 fully saturated rings. The molecule has 0 spiro atoms. The third-order valence-electron chi connectivity index (χ3n) is 2.29. The summed E-state index contributed by atoms with van der Waals surface area (Å²) in [5, 5.41) is 0.316. The summed E-state index contributed by atoms with van der Waals surface area (Å²) in [5.74, 6) is 5.41. The highest BCUT2D eigenvalue weighted by molar-refractivity contribution is 6.33. The van der Waals surface area contributed by atoms with Crippen molar-refractivity contribution in [2.24, 2.45) is 5.84 Å². The molecule has 3 N–H and O–H groups in total. The number of amides is 1. The number of aromatic nitrogens is 1. The molecule has 0 saturated heterocycles. The molecular formula is C10H15ClN4O. The van der Waals surface area contributed by atoms with Crippen LogP contribution in [0.3, 0.4) is 0 Å². The Bertz CT molecular complexity index is 394. The minimum absolute atomic E-state index is 0.0832. The lowest BCUT2D eigenvalue weighted by Crippen LogP contribution is -2.33. The van der Waals surface area contributed by atoms with E-state index >= 15 is 0 Å². The number of hydrogen-bond acceptors (Lipinski definition) is 4. The predicted molar refractivity (Wildman–Crippen MR) is 64.3 cm³/mol. The van der Waals surface area contributed by atoms with E-state index in [1.54, 1.807) is 24.1 Å². The topological polar surface area (TPSA) is 71.2 Å². The summed E-state index contributed by atoms with van der Waals surface area (Å²) in [4.78, 5) is 17.6. The number of carbonyl (C=O) groups is 1. The zero-order valence-corrected chi connectivity index (χ0v) is 10.2. The van der Waals surface area contributed by atoms with Crippen molar-refractivity contribution in [3.63, 3.8) is 0 Å². The highest BCUT2D eigenvalue weighted by Gasteiger charge is 2.19. The number of nitrogens with two attached hydrogens (primary N) is 1. The maximum atomic E-state index is 12.0. The van der Waals surface area contributed by atoms with Crippen molar-refractivity contribution in [3.8, 4) is 0 Å². The second-order valence-corrected chi connectivity index (χ2v) is 4.09. The van der Waals surface area contributed by atoms with E-state index < -0.39 is 0 Å². The normalized spacial score (nSPS) is 10.4. The van der Waals surface area contributed by atoms with Gasteiger partial charge >= 0.3 is 0 Å². The smallest absolute Gasteiger partial charge is 0.274 e. The standard InChI is InChI=1S/C10H15ClN4O/c1-6(2)15(3)10(16)9-7(11)4-5-8(13-9)14-12/h4-6H,12H2,1-3H3,(H,13,14). The Morgan fingerprint density at radius 3 is 2.69 bits per heavy atom. The van der Waals surface area contributed by atoms with Gasteiger partial charge in [-0.25, -0.2) is 10.8 Å². The average molecular weight is 243 g/mol. The van der Waals surface area contributed by atoms with Crippen molar-refractivity contribution in [1.29, 1.82) is 0 Å². The lowest BCUT2D eigenvalue weighted by atomic mass is 10.2. The molecule has 1 heterocycles. The Morgan fingerprint density at radius 1 is 1.56 bits per heavy atom. The van der Waals surface area contributed by atoms with Gasteiger partial charge in [0.05, 0.1) is 5.02 Å². The maximum absolute atomic E-state index is 12.0. The molecule has 5 nitrogen and oxygen atoms in total. The van der Waals surface area contributed by atoms with Crippen LogP contribution in [0.5, 0.6) is 0 Å². The van der Waals surface area contributed by atoms with E-state index in [2.05, 4.69) is 10.4 Å². The molecule has 16 heavy (non-hydrogen) atoms. The summed E-state index contributed by atoms with van der Waals surface area (Å²) in [5.41, 5.74) is 2.58. The summed E-state index contributed by atoms with van der Waals surface area (Å²) < 4.78 is 0. The van der Waals surface area contributed by atoms with Gasteiger partial charge in [-0.05, 0) is 26.0 Å². The van der Waals surface area contributed by atoms with Crippen LogP contribution in [0.4, 0.5) is 5.82 Å². The summed E-state index contributed by atoms with van der Waals surface area (Å²) in [6, 6.07) is 3.28. The van der Waals surface area contributed by atoms with Gasteiger partial charge in [0.2, 0.25) is 0 Å².